The maximum absolute atomic E-state index is 12.3. The van der Waals surface area contributed by atoms with Gasteiger partial charge in [-0.15, -0.1) is 0 Å². The molecule has 168 valence electrons. The lowest BCUT2D eigenvalue weighted by atomic mass is 9.77. The lowest BCUT2D eigenvalue weighted by Crippen LogP contribution is -2.39. The van der Waals surface area contributed by atoms with Gasteiger partial charge in [0.1, 0.15) is 17.9 Å². The Morgan fingerprint density at radius 1 is 0.909 bits per heavy atom. The normalized spacial score (nSPS) is 12.3. The SMILES string of the molecule is CCOC(=O)C(Cc1ncn(C(c2ccccc2)(c2ccccc2)c2ccccc2)n1)NC. The molecule has 0 bridgehead atoms. The Bertz CT molecular complexity index is 1060. The third-order valence-corrected chi connectivity index (χ3v) is 5.76. The van der Waals surface area contributed by atoms with Crippen molar-refractivity contribution in [2.75, 3.05) is 13.7 Å². The maximum atomic E-state index is 12.3. The van der Waals surface area contributed by atoms with Crippen LogP contribution >= 0.6 is 0 Å². The second-order valence-electron chi connectivity index (χ2n) is 7.71. The lowest BCUT2D eigenvalue weighted by molar-refractivity contribution is -0.145. The Morgan fingerprint density at radius 3 is 1.82 bits per heavy atom. The van der Waals surface area contributed by atoms with Crippen LogP contribution in [0.2, 0.25) is 0 Å². The minimum absolute atomic E-state index is 0.309. The Morgan fingerprint density at radius 2 is 1.39 bits per heavy atom. The number of likely N-dealkylation sites (N-methyl/N-ethyl adjacent to an activating group) is 1. The number of esters is 1. The van der Waals surface area contributed by atoms with Gasteiger partial charge in [0, 0.05) is 6.42 Å². The second-order valence-corrected chi connectivity index (χ2v) is 7.71. The van der Waals surface area contributed by atoms with Crippen LogP contribution < -0.4 is 5.32 Å². The van der Waals surface area contributed by atoms with Crippen molar-refractivity contribution in [1.82, 2.24) is 20.1 Å². The van der Waals surface area contributed by atoms with Crippen molar-refractivity contribution in [2.24, 2.45) is 0 Å². The Hall–Kier alpha value is -3.77. The number of carbonyl (C=O) groups excluding carboxylic acids is 1. The molecular formula is C27H28N4O2. The molecule has 0 saturated carbocycles. The summed E-state index contributed by atoms with van der Waals surface area (Å²) in [7, 11) is 1.74. The van der Waals surface area contributed by atoms with E-state index in [9.17, 15) is 4.79 Å². The molecule has 0 saturated heterocycles. The molecule has 0 radical (unpaired) electrons. The van der Waals surface area contributed by atoms with Crippen molar-refractivity contribution >= 4 is 5.97 Å². The molecule has 3 aromatic carbocycles. The molecule has 0 aliphatic heterocycles. The van der Waals surface area contributed by atoms with Crippen molar-refractivity contribution in [3.05, 3.63) is 120 Å². The molecule has 1 heterocycles. The zero-order chi connectivity index (χ0) is 23.1. The summed E-state index contributed by atoms with van der Waals surface area (Å²) in [5.74, 6) is 0.256. The van der Waals surface area contributed by atoms with Gasteiger partial charge < -0.3 is 10.1 Å². The molecule has 1 aromatic heterocycles. The van der Waals surface area contributed by atoms with E-state index in [1.165, 1.54) is 0 Å². The molecule has 4 aromatic rings. The van der Waals surface area contributed by atoms with Gasteiger partial charge in [-0.25, -0.2) is 9.67 Å². The highest BCUT2D eigenvalue weighted by Gasteiger charge is 2.39. The van der Waals surface area contributed by atoms with Gasteiger partial charge in [0.2, 0.25) is 0 Å². The largest absolute Gasteiger partial charge is 0.465 e. The first-order chi connectivity index (χ1) is 16.2. The van der Waals surface area contributed by atoms with Gasteiger partial charge >= 0.3 is 5.97 Å². The van der Waals surface area contributed by atoms with E-state index >= 15 is 0 Å². The molecule has 33 heavy (non-hydrogen) atoms. The predicted octanol–water partition coefficient (Wildman–Crippen LogP) is 3.81. The van der Waals surface area contributed by atoms with Crippen LogP contribution in [0, 0.1) is 0 Å². The van der Waals surface area contributed by atoms with Gasteiger partial charge in [0.25, 0.3) is 0 Å². The van der Waals surface area contributed by atoms with Gasteiger partial charge in [0.15, 0.2) is 5.82 Å². The summed E-state index contributed by atoms with van der Waals surface area (Å²) in [6, 6.07) is 30.4. The highest BCUT2D eigenvalue weighted by Crippen LogP contribution is 2.40. The van der Waals surface area contributed by atoms with Crippen molar-refractivity contribution in [2.45, 2.75) is 24.9 Å². The standard InChI is InChI=1S/C27H28N4O2/c1-3-33-26(32)24(28-2)19-25-29-20-31(30-25)27(21-13-7-4-8-14-21,22-15-9-5-10-16-22)23-17-11-6-12-18-23/h4-18,20,24,28H,3,19H2,1-2H3. The second kappa shape index (κ2) is 10.2. The van der Waals surface area contributed by atoms with Crippen molar-refractivity contribution in [3.8, 4) is 0 Å². The summed E-state index contributed by atoms with van der Waals surface area (Å²) in [4.78, 5) is 16.9. The molecule has 0 aliphatic rings. The topological polar surface area (TPSA) is 69.0 Å². The number of benzene rings is 3. The quantitative estimate of drug-likeness (QED) is 0.317. The van der Waals surface area contributed by atoms with Gasteiger partial charge in [0.05, 0.1) is 6.61 Å². The van der Waals surface area contributed by atoms with Crippen molar-refractivity contribution in [3.63, 3.8) is 0 Å². The molecule has 6 nitrogen and oxygen atoms in total. The maximum Gasteiger partial charge on any atom is 0.323 e. The van der Waals surface area contributed by atoms with Crippen LogP contribution in [0.1, 0.15) is 29.4 Å². The van der Waals surface area contributed by atoms with E-state index in [0.29, 0.717) is 18.9 Å². The fraction of sp³-hybridized carbons (Fsp3) is 0.222. The highest BCUT2D eigenvalue weighted by molar-refractivity contribution is 5.76. The molecule has 1 N–H and O–H groups in total. The van der Waals surface area contributed by atoms with E-state index in [4.69, 9.17) is 9.84 Å². The number of ether oxygens (including phenoxy) is 1. The molecule has 6 heteroatoms. The highest BCUT2D eigenvalue weighted by atomic mass is 16.5. The summed E-state index contributed by atoms with van der Waals surface area (Å²) in [6.45, 7) is 2.13. The zero-order valence-electron chi connectivity index (χ0n) is 18.9. The van der Waals surface area contributed by atoms with Crippen molar-refractivity contribution in [1.29, 1.82) is 0 Å². The fourth-order valence-electron chi connectivity index (χ4n) is 4.22. The molecule has 1 unspecified atom stereocenters. The molecule has 0 aliphatic carbocycles. The molecule has 4 rings (SSSR count). The predicted molar refractivity (Wildman–Crippen MR) is 128 cm³/mol. The summed E-state index contributed by atoms with van der Waals surface area (Å²) >= 11 is 0. The van der Waals surface area contributed by atoms with Gasteiger partial charge in [-0.05, 0) is 30.7 Å². The zero-order valence-corrected chi connectivity index (χ0v) is 18.9. The van der Waals surface area contributed by atoms with E-state index < -0.39 is 11.6 Å². The summed E-state index contributed by atoms with van der Waals surface area (Å²) < 4.78 is 7.09. The Labute approximate surface area is 194 Å². The van der Waals surface area contributed by atoms with E-state index in [0.717, 1.165) is 16.7 Å². The number of nitrogens with one attached hydrogen (secondary N) is 1. The first kappa shape index (κ1) is 22.4. The van der Waals surface area contributed by atoms with Crippen molar-refractivity contribution < 1.29 is 9.53 Å². The molecule has 0 fully saturated rings. The average Bonchev–Trinajstić information content (AvgIpc) is 3.34. The first-order valence-electron chi connectivity index (χ1n) is 11.1. The van der Waals surface area contributed by atoms with E-state index in [2.05, 4.69) is 46.7 Å². The molecular weight excluding hydrogens is 412 g/mol. The molecule has 1 atom stereocenters. The smallest absolute Gasteiger partial charge is 0.323 e. The number of hydrogen-bond donors (Lipinski definition) is 1. The summed E-state index contributed by atoms with van der Waals surface area (Å²) in [6.07, 6.45) is 2.08. The average molecular weight is 441 g/mol. The van der Waals surface area contributed by atoms with Crippen LogP contribution in [0.4, 0.5) is 0 Å². The summed E-state index contributed by atoms with van der Waals surface area (Å²) in [5.41, 5.74) is 2.46. The number of carbonyl (C=O) groups is 1. The third kappa shape index (κ3) is 4.43. The molecule has 0 amide bonds. The Balaban J connectivity index is 1.88. The summed E-state index contributed by atoms with van der Waals surface area (Å²) in [5, 5.41) is 7.91. The first-order valence-corrected chi connectivity index (χ1v) is 11.1. The number of rotatable bonds is 9. The number of nitrogens with zero attached hydrogens (tertiary/aromatic N) is 3. The Kier molecular flexibility index (Phi) is 6.95. The van der Waals surface area contributed by atoms with Crippen LogP contribution in [0.25, 0.3) is 0 Å². The number of aromatic nitrogens is 3. The van der Waals surface area contributed by atoms with E-state index in [1.54, 1.807) is 20.3 Å². The van der Waals surface area contributed by atoms with Crippen LogP contribution in [-0.2, 0) is 21.5 Å². The minimum atomic E-state index is -0.728. The van der Waals surface area contributed by atoms with E-state index in [1.807, 2.05) is 59.3 Å². The van der Waals surface area contributed by atoms with Crippen LogP contribution in [0.5, 0.6) is 0 Å². The fourth-order valence-corrected chi connectivity index (χ4v) is 4.22. The van der Waals surface area contributed by atoms with Crippen LogP contribution in [-0.4, -0.2) is 40.4 Å². The van der Waals surface area contributed by atoms with Crippen LogP contribution in [0.3, 0.4) is 0 Å². The van der Waals surface area contributed by atoms with E-state index in [-0.39, 0.29) is 5.97 Å². The monoisotopic (exact) mass is 440 g/mol. The van der Waals surface area contributed by atoms with Gasteiger partial charge in [-0.3, -0.25) is 4.79 Å². The molecule has 0 spiro atoms. The lowest BCUT2D eigenvalue weighted by Gasteiger charge is -2.35. The third-order valence-electron chi connectivity index (χ3n) is 5.76. The van der Waals surface area contributed by atoms with Gasteiger partial charge in [-0.2, -0.15) is 5.10 Å². The minimum Gasteiger partial charge on any atom is -0.465 e. The van der Waals surface area contributed by atoms with Gasteiger partial charge in [-0.1, -0.05) is 91.0 Å². The number of hydrogen-bond acceptors (Lipinski definition) is 5. The van der Waals surface area contributed by atoms with Crippen LogP contribution in [0.15, 0.2) is 97.3 Å².